The van der Waals surface area contributed by atoms with E-state index in [9.17, 15) is 4.79 Å². The van der Waals surface area contributed by atoms with Gasteiger partial charge in [-0.2, -0.15) is 0 Å². The zero-order chi connectivity index (χ0) is 17.1. The first-order chi connectivity index (χ1) is 11.5. The highest BCUT2D eigenvalue weighted by Crippen LogP contribution is 2.24. The van der Waals surface area contributed by atoms with Crippen LogP contribution in [0, 0.1) is 13.8 Å². The zero-order valence-corrected chi connectivity index (χ0v) is 13.6. The van der Waals surface area contributed by atoms with E-state index < -0.39 is 5.97 Å². The van der Waals surface area contributed by atoms with Gasteiger partial charge in [0.1, 0.15) is 18.1 Å². The van der Waals surface area contributed by atoms with Gasteiger partial charge in [-0.25, -0.2) is 4.79 Å². The molecule has 0 saturated heterocycles. The van der Waals surface area contributed by atoms with Crippen LogP contribution in [-0.4, -0.2) is 11.1 Å². The second-order valence-electron chi connectivity index (χ2n) is 5.68. The molecule has 0 saturated carbocycles. The van der Waals surface area contributed by atoms with Gasteiger partial charge in [-0.05, 0) is 43.2 Å². The van der Waals surface area contributed by atoms with E-state index in [1.807, 2.05) is 24.3 Å². The summed E-state index contributed by atoms with van der Waals surface area (Å²) in [6.07, 6.45) is 0. The van der Waals surface area contributed by atoms with Crippen LogP contribution in [0.1, 0.15) is 27.4 Å². The van der Waals surface area contributed by atoms with Gasteiger partial charge in [0.25, 0.3) is 0 Å². The van der Waals surface area contributed by atoms with Crippen molar-refractivity contribution in [2.45, 2.75) is 20.5 Å². The minimum absolute atomic E-state index is 0.0687. The Morgan fingerprint density at radius 3 is 2.12 bits per heavy atom. The number of aryl methyl sites for hydroxylation is 2. The van der Waals surface area contributed by atoms with E-state index >= 15 is 0 Å². The summed E-state index contributed by atoms with van der Waals surface area (Å²) in [5.41, 5.74) is 4.24. The summed E-state index contributed by atoms with van der Waals surface area (Å²) >= 11 is 0. The van der Waals surface area contributed by atoms with Crippen LogP contribution in [0.25, 0.3) is 11.1 Å². The predicted molar refractivity (Wildman–Crippen MR) is 91.4 cm³/mol. The minimum Gasteiger partial charge on any atom is -0.489 e. The molecule has 3 rings (SSSR count). The normalized spacial score (nSPS) is 10.6. The first-order valence-electron chi connectivity index (χ1n) is 7.65. The molecule has 3 aromatic rings. The summed E-state index contributed by atoms with van der Waals surface area (Å²) < 4.78 is 10.9. The zero-order valence-electron chi connectivity index (χ0n) is 13.6. The van der Waals surface area contributed by atoms with E-state index in [0.717, 1.165) is 22.4 Å². The van der Waals surface area contributed by atoms with Gasteiger partial charge < -0.3 is 14.3 Å². The molecule has 0 aliphatic rings. The summed E-state index contributed by atoms with van der Waals surface area (Å²) in [4.78, 5) is 10.9. The molecule has 0 radical (unpaired) electrons. The van der Waals surface area contributed by atoms with Gasteiger partial charge in [0.2, 0.25) is 5.76 Å². The number of aromatic carboxylic acids is 1. The third-order valence-electron chi connectivity index (χ3n) is 3.86. The van der Waals surface area contributed by atoms with Crippen molar-refractivity contribution in [3.05, 3.63) is 77.2 Å². The average molecular weight is 322 g/mol. The summed E-state index contributed by atoms with van der Waals surface area (Å²) in [5.74, 6) is 0.139. The smallest absolute Gasteiger partial charge is 0.371 e. The van der Waals surface area contributed by atoms with Gasteiger partial charge in [0.05, 0.1) is 0 Å². The minimum atomic E-state index is -1.08. The summed E-state index contributed by atoms with van der Waals surface area (Å²) in [5, 5.41) is 8.93. The molecule has 1 aromatic heterocycles. The molecule has 0 amide bonds. The average Bonchev–Trinajstić information content (AvgIpc) is 2.95. The van der Waals surface area contributed by atoms with E-state index in [0.29, 0.717) is 5.76 Å². The summed E-state index contributed by atoms with van der Waals surface area (Å²) in [6, 6.07) is 17.7. The Morgan fingerprint density at radius 1 is 1.00 bits per heavy atom. The van der Waals surface area contributed by atoms with Crippen molar-refractivity contribution < 1.29 is 19.1 Å². The van der Waals surface area contributed by atoms with E-state index in [2.05, 4.69) is 31.2 Å². The molecule has 0 fully saturated rings. The maximum absolute atomic E-state index is 10.9. The van der Waals surface area contributed by atoms with Gasteiger partial charge in [-0.15, -0.1) is 0 Å². The SMILES string of the molecule is Cc1ccc(-c2ccc(OCc3cc(C(=O)O)oc3C)cc2)cc1. The largest absolute Gasteiger partial charge is 0.489 e. The van der Waals surface area contributed by atoms with E-state index in [4.69, 9.17) is 14.3 Å². The van der Waals surface area contributed by atoms with Crippen LogP contribution >= 0.6 is 0 Å². The standard InChI is InChI=1S/C20H18O4/c1-13-3-5-15(6-4-13)16-7-9-18(10-8-16)23-12-17-11-19(20(21)22)24-14(17)2/h3-11H,12H2,1-2H3,(H,21,22). The molecule has 0 aliphatic carbocycles. The molecule has 122 valence electrons. The quantitative estimate of drug-likeness (QED) is 0.730. The Hall–Kier alpha value is -3.01. The molecular weight excluding hydrogens is 304 g/mol. The second-order valence-corrected chi connectivity index (χ2v) is 5.68. The number of rotatable bonds is 5. The molecule has 4 nitrogen and oxygen atoms in total. The van der Waals surface area contributed by atoms with Crippen molar-refractivity contribution >= 4 is 5.97 Å². The van der Waals surface area contributed by atoms with Crippen molar-refractivity contribution in [2.24, 2.45) is 0 Å². The van der Waals surface area contributed by atoms with Gasteiger partial charge in [-0.3, -0.25) is 0 Å². The number of ether oxygens (including phenoxy) is 1. The van der Waals surface area contributed by atoms with Crippen molar-refractivity contribution in [1.82, 2.24) is 0 Å². The molecule has 0 spiro atoms. The van der Waals surface area contributed by atoms with Crippen LogP contribution in [0.5, 0.6) is 5.75 Å². The summed E-state index contributed by atoms with van der Waals surface area (Å²) in [6.45, 7) is 4.06. The van der Waals surface area contributed by atoms with Gasteiger partial charge in [-0.1, -0.05) is 42.0 Å². The molecule has 0 bridgehead atoms. The van der Waals surface area contributed by atoms with E-state index in [1.165, 1.54) is 11.6 Å². The molecule has 2 aromatic carbocycles. The van der Waals surface area contributed by atoms with Crippen molar-refractivity contribution in [2.75, 3.05) is 0 Å². The van der Waals surface area contributed by atoms with Crippen LogP contribution < -0.4 is 4.74 Å². The highest BCUT2D eigenvalue weighted by molar-refractivity contribution is 5.84. The maximum Gasteiger partial charge on any atom is 0.371 e. The van der Waals surface area contributed by atoms with Crippen LogP contribution in [0.3, 0.4) is 0 Å². The first kappa shape index (κ1) is 15.9. The van der Waals surface area contributed by atoms with Crippen LogP contribution in [-0.2, 0) is 6.61 Å². The number of hydrogen-bond donors (Lipinski definition) is 1. The molecule has 0 atom stereocenters. The van der Waals surface area contributed by atoms with E-state index in [-0.39, 0.29) is 12.4 Å². The molecule has 0 unspecified atom stereocenters. The Balaban J connectivity index is 1.68. The number of carbonyl (C=O) groups is 1. The fraction of sp³-hybridized carbons (Fsp3) is 0.150. The Bertz CT molecular complexity index is 842. The van der Waals surface area contributed by atoms with Gasteiger partial charge in [0.15, 0.2) is 0 Å². The first-order valence-corrected chi connectivity index (χ1v) is 7.65. The molecule has 4 heteroatoms. The number of hydrogen-bond acceptors (Lipinski definition) is 3. The van der Waals surface area contributed by atoms with Crippen LogP contribution in [0.4, 0.5) is 0 Å². The lowest BCUT2D eigenvalue weighted by Gasteiger charge is -2.07. The Kier molecular flexibility index (Phi) is 4.38. The Morgan fingerprint density at radius 2 is 1.58 bits per heavy atom. The lowest BCUT2D eigenvalue weighted by molar-refractivity contribution is 0.0661. The second kappa shape index (κ2) is 6.62. The maximum atomic E-state index is 10.9. The van der Waals surface area contributed by atoms with Gasteiger partial charge in [0, 0.05) is 5.56 Å². The molecule has 1 N–H and O–H groups in total. The number of furan rings is 1. The van der Waals surface area contributed by atoms with Crippen LogP contribution in [0.2, 0.25) is 0 Å². The monoisotopic (exact) mass is 322 g/mol. The fourth-order valence-corrected chi connectivity index (χ4v) is 2.42. The highest BCUT2D eigenvalue weighted by Gasteiger charge is 2.13. The number of carboxylic acid groups (broad SMARTS) is 1. The van der Waals surface area contributed by atoms with Crippen molar-refractivity contribution in [1.29, 1.82) is 0 Å². The van der Waals surface area contributed by atoms with E-state index in [1.54, 1.807) is 6.92 Å². The topological polar surface area (TPSA) is 59.7 Å². The molecule has 1 heterocycles. The predicted octanol–water partition coefficient (Wildman–Crippen LogP) is 4.84. The lowest BCUT2D eigenvalue weighted by atomic mass is 10.0. The lowest BCUT2D eigenvalue weighted by Crippen LogP contribution is -1.96. The van der Waals surface area contributed by atoms with Gasteiger partial charge >= 0.3 is 5.97 Å². The third kappa shape index (κ3) is 3.49. The fourth-order valence-electron chi connectivity index (χ4n) is 2.42. The third-order valence-corrected chi connectivity index (χ3v) is 3.86. The number of carboxylic acids is 1. The number of benzene rings is 2. The highest BCUT2D eigenvalue weighted by atomic mass is 16.5. The van der Waals surface area contributed by atoms with Crippen molar-refractivity contribution in [3.8, 4) is 16.9 Å². The Labute approximate surface area is 140 Å². The van der Waals surface area contributed by atoms with Crippen molar-refractivity contribution in [3.63, 3.8) is 0 Å². The molecular formula is C20H18O4. The molecule has 0 aliphatic heterocycles. The molecule has 24 heavy (non-hydrogen) atoms. The van der Waals surface area contributed by atoms with Crippen LogP contribution in [0.15, 0.2) is 59.0 Å². The summed E-state index contributed by atoms with van der Waals surface area (Å²) in [7, 11) is 0.